The van der Waals surface area contributed by atoms with Gasteiger partial charge >= 0.3 is 0 Å². The molecule has 3 N–H and O–H groups in total. The maximum atomic E-state index is 13.6. The van der Waals surface area contributed by atoms with Crippen molar-refractivity contribution < 1.29 is 19.5 Å². The van der Waals surface area contributed by atoms with E-state index in [1.165, 1.54) is 11.8 Å². The number of carbonyl (C=O) groups is 3. The fourth-order valence-corrected chi connectivity index (χ4v) is 5.99. The van der Waals surface area contributed by atoms with Gasteiger partial charge in [-0.2, -0.15) is 0 Å². The summed E-state index contributed by atoms with van der Waals surface area (Å²) in [6.07, 6.45) is 2.02. The number of nitrogens with one attached hydrogen (secondary N) is 2. The van der Waals surface area contributed by atoms with Gasteiger partial charge in [0.15, 0.2) is 0 Å². The Hall–Kier alpha value is -2.78. The number of aromatic nitrogens is 1. The predicted molar refractivity (Wildman–Crippen MR) is 139 cm³/mol. The number of β-amino-alcohol motifs (C(OH)–C–C–N with tert-alkyl or cyclic N) is 1. The predicted octanol–water partition coefficient (Wildman–Crippen LogP) is 3.13. The Bertz CT molecular complexity index is 1130. The number of hydrogen-bond donors (Lipinski definition) is 3. The standard InChI is InChI=1S/C27H36N4O4S/c1-16-22(36-15-28-16)18-7-9-19(10-8-18)27(11-6-12-27)30-24(34)21-13-20(33)14-31(21)25(35)23(26(3,4)5)29-17(2)32/h7-10,15,20-21,23,33H,6,11-14H2,1-5H3,(H,29,32)(H,30,34)/t20-,21+,23?/m1/s1. The summed E-state index contributed by atoms with van der Waals surface area (Å²) in [5.74, 6) is -0.923. The van der Waals surface area contributed by atoms with E-state index in [9.17, 15) is 19.5 Å². The largest absolute Gasteiger partial charge is 0.391 e. The number of aryl methyl sites for hydroxylation is 1. The van der Waals surface area contributed by atoms with Crippen molar-refractivity contribution in [2.75, 3.05) is 6.54 Å². The first-order chi connectivity index (χ1) is 16.9. The summed E-state index contributed by atoms with van der Waals surface area (Å²) in [5.41, 5.74) is 3.94. The highest BCUT2D eigenvalue weighted by molar-refractivity contribution is 7.13. The van der Waals surface area contributed by atoms with E-state index in [0.717, 1.165) is 41.0 Å². The number of aliphatic hydroxyl groups is 1. The van der Waals surface area contributed by atoms with Crippen molar-refractivity contribution in [3.63, 3.8) is 0 Å². The zero-order valence-corrected chi connectivity index (χ0v) is 22.4. The van der Waals surface area contributed by atoms with E-state index in [2.05, 4.69) is 39.9 Å². The first kappa shape index (κ1) is 26.3. The molecular formula is C27H36N4O4S. The lowest BCUT2D eigenvalue weighted by atomic mass is 9.71. The van der Waals surface area contributed by atoms with Crippen LogP contribution in [-0.2, 0) is 19.9 Å². The first-order valence-electron chi connectivity index (χ1n) is 12.5. The lowest BCUT2D eigenvalue weighted by Gasteiger charge is -2.44. The van der Waals surface area contributed by atoms with E-state index < -0.39 is 29.1 Å². The number of benzene rings is 1. The Kier molecular flexibility index (Phi) is 7.26. The second kappa shape index (κ2) is 9.94. The molecule has 2 heterocycles. The molecule has 9 heteroatoms. The SMILES string of the molecule is CC(=O)NC(C(=O)N1C[C@H](O)C[C@H]1C(=O)NC1(c2ccc(-c3scnc3C)cc2)CCC1)C(C)(C)C. The molecule has 1 saturated carbocycles. The molecule has 1 unspecified atom stereocenters. The molecule has 3 amide bonds. The number of rotatable bonds is 6. The number of thiazole rings is 1. The topological polar surface area (TPSA) is 112 Å². The fraction of sp³-hybridized carbons (Fsp3) is 0.556. The van der Waals surface area contributed by atoms with Gasteiger partial charge in [-0.15, -0.1) is 11.3 Å². The Morgan fingerprint density at radius 3 is 2.36 bits per heavy atom. The van der Waals surface area contributed by atoms with Gasteiger partial charge < -0.3 is 20.6 Å². The smallest absolute Gasteiger partial charge is 0.246 e. The summed E-state index contributed by atoms with van der Waals surface area (Å²) in [7, 11) is 0. The summed E-state index contributed by atoms with van der Waals surface area (Å²) in [4.78, 5) is 45.8. The zero-order chi connectivity index (χ0) is 26.3. The summed E-state index contributed by atoms with van der Waals surface area (Å²) < 4.78 is 0. The van der Waals surface area contributed by atoms with E-state index in [4.69, 9.17) is 0 Å². The molecule has 1 saturated heterocycles. The molecule has 1 aromatic heterocycles. The van der Waals surface area contributed by atoms with Crippen molar-refractivity contribution in [1.29, 1.82) is 0 Å². The Morgan fingerprint density at radius 2 is 1.86 bits per heavy atom. The van der Waals surface area contributed by atoms with Crippen LogP contribution in [0.15, 0.2) is 29.8 Å². The minimum Gasteiger partial charge on any atom is -0.391 e. The highest BCUT2D eigenvalue weighted by Gasteiger charge is 2.47. The number of likely N-dealkylation sites (tertiary alicyclic amines) is 1. The monoisotopic (exact) mass is 512 g/mol. The maximum absolute atomic E-state index is 13.6. The molecule has 0 radical (unpaired) electrons. The minimum absolute atomic E-state index is 0.0684. The number of hydrogen-bond acceptors (Lipinski definition) is 6. The molecule has 0 bridgehead atoms. The molecule has 8 nitrogen and oxygen atoms in total. The molecule has 2 aromatic rings. The molecule has 194 valence electrons. The van der Waals surface area contributed by atoms with Gasteiger partial charge in [0.1, 0.15) is 12.1 Å². The van der Waals surface area contributed by atoms with Crippen LogP contribution in [-0.4, -0.2) is 57.4 Å². The van der Waals surface area contributed by atoms with E-state index in [1.54, 1.807) is 11.3 Å². The number of nitrogens with zero attached hydrogens (tertiary/aromatic N) is 2. The molecule has 36 heavy (non-hydrogen) atoms. The van der Waals surface area contributed by atoms with Crippen molar-refractivity contribution in [3.8, 4) is 10.4 Å². The Labute approximate surface area is 216 Å². The minimum atomic E-state index is -0.795. The van der Waals surface area contributed by atoms with E-state index in [1.807, 2.05) is 33.2 Å². The van der Waals surface area contributed by atoms with Gasteiger partial charge in [-0.1, -0.05) is 45.0 Å². The highest BCUT2D eigenvalue weighted by Crippen LogP contribution is 2.42. The fourth-order valence-electron chi connectivity index (χ4n) is 5.18. The molecular weight excluding hydrogens is 476 g/mol. The van der Waals surface area contributed by atoms with Crippen molar-refractivity contribution in [3.05, 3.63) is 41.0 Å². The second-order valence-corrected chi connectivity index (χ2v) is 12.0. The molecule has 2 fully saturated rings. The normalized spacial score (nSPS) is 22.0. The summed E-state index contributed by atoms with van der Waals surface area (Å²) in [6, 6.07) is 6.68. The average molecular weight is 513 g/mol. The van der Waals surface area contributed by atoms with E-state index in [0.29, 0.717) is 0 Å². The Balaban J connectivity index is 1.53. The van der Waals surface area contributed by atoms with E-state index >= 15 is 0 Å². The molecule has 3 atom stereocenters. The molecule has 4 rings (SSSR count). The van der Waals surface area contributed by atoms with Crippen LogP contribution in [0.2, 0.25) is 0 Å². The first-order valence-corrected chi connectivity index (χ1v) is 13.4. The van der Waals surface area contributed by atoms with Crippen LogP contribution in [0.5, 0.6) is 0 Å². The van der Waals surface area contributed by atoms with Crippen LogP contribution in [0.4, 0.5) is 0 Å². The van der Waals surface area contributed by atoms with Crippen molar-refractivity contribution in [2.45, 2.75) is 84.0 Å². The number of aliphatic hydroxyl groups excluding tert-OH is 1. The van der Waals surface area contributed by atoms with Crippen LogP contribution < -0.4 is 10.6 Å². The number of carbonyl (C=O) groups excluding carboxylic acids is 3. The molecule has 1 aliphatic heterocycles. The summed E-state index contributed by atoms with van der Waals surface area (Å²) in [5, 5.41) is 16.4. The van der Waals surface area contributed by atoms with Crippen molar-refractivity contribution in [2.24, 2.45) is 5.41 Å². The maximum Gasteiger partial charge on any atom is 0.246 e. The van der Waals surface area contributed by atoms with Crippen molar-refractivity contribution >= 4 is 29.1 Å². The zero-order valence-electron chi connectivity index (χ0n) is 21.6. The van der Waals surface area contributed by atoms with Crippen LogP contribution in [0, 0.1) is 12.3 Å². The third-order valence-corrected chi connectivity index (χ3v) is 8.32. The molecule has 2 aliphatic rings. The lowest BCUT2D eigenvalue weighted by Crippen LogP contribution is -2.60. The third kappa shape index (κ3) is 5.18. The van der Waals surface area contributed by atoms with Gasteiger partial charge in [0.2, 0.25) is 17.7 Å². The highest BCUT2D eigenvalue weighted by atomic mass is 32.1. The van der Waals surface area contributed by atoms with Gasteiger partial charge in [-0.3, -0.25) is 14.4 Å². The van der Waals surface area contributed by atoms with Crippen LogP contribution in [0.1, 0.15) is 64.6 Å². The van der Waals surface area contributed by atoms with Gasteiger partial charge in [0, 0.05) is 19.9 Å². The van der Waals surface area contributed by atoms with E-state index in [-0.39, 0.29) is 30.7 Å². The second-order valence-electron chi connectivity index (χ2n) is 11.2. The molecule has 1 aromatic carbocycles. The van der Waals surface area contributed by atoms with Gasteiger partial charge in [0.25, 0.3) is 0 Å². The van der Waals surface area contributed by atoms with Crippen molar-refractivity contribution in [1.82, 2.24) is 20.5 Å². The van der Waals surface area contributed by atoms with Crippen LogP contribution in [0.25, 0.3) is 10.4 Å². The van der Waals surface area contributed by atoms with Gasteiger partial charge in [0.05, 0.1) is 27.7 Å². The summed E-state index contributed by atoms with van der Waals surface area (Å²) in [6.45, 7) is 9.04. The molecule has 1 aliphatic carbocycles. The molecule has 0 spiro atoms. The summed E-state index contributed by atoms with van der Waals surface area (Å²) >= 11 is 1.61. The lowest BCUT2D eigenvalue weighted by molar-refractivity contribution is -0.144. The van der Waals surface area contributed by atoms with Gasteiger partial charge in [-0.25, -0.2) is 4.98 Å². The number of amides is 3. The van der Waals surface area contributed by atoms with Crippen LogP contribution in [0.3, 0.4) is 0 Å². The average Bonchev–Trinajstić information content (AvgIpc) is 3.39. The van der Waals surface area contributed by atoms with Gasteiger partial charge in [-0.05, 0) is 42.7 Å². The third-order valence-electron chi connectivity index (χ3n) is 7.34. The Morgan fingerprint density at radius 1 is 1.19 bits per heavy atom. The van der Waals surface area contributed by atoms with Crippen LogP contribution >= 0.6 is 11.3 Å². The quantitative estimate of drug-likeness (QED) is 0.551.